The molecule has 0 fully saturated rings. The maximum Gasteiger partial charge on any atom is 0.337 e. The molecule has 8 nitrogen and oxygen atoms in total. The summed E-state index contributed by atoms with van der Waals surface area (Å²) in [6, 6.07) is 12.5. The number of rotatable bonds is 8. The summed E-state index contributed by atoms with van der Waals surface area (Å²) >= 11 is 0. The van der Waals surface area contributed by atoms with Gasteiger partial charge in [-0.25, -0.2) is 4.79 Å². The van der Waals surface area contributed by atoms with E-state index in [1.807, 2.05) is 45.0 Å². The number of hydrogen-bond donors (Lipinski definition) is 3. The SMILES string of the molecule is CCC(Nc1ccc(N(CCC(C)(C)N)C(C)=O)cc1)=C1C(=O)Nc2cc(C(=O)OC)ccc21. The monoisotopic (exact) mass is 464 g/mol. The Balaban J connectivity index is 1.85. The van der Waals surface area contributed by atoms with Crippen molar-refractivity contribution < 1.29 is 19.1 Å². The summed E-state index contributed by atoms with van der Waals surface area (Å²) in [4.78, 5) is 38.5. The van der Waals surface area contributed by atoms with E-state index in [9.17, 15) is 14.4 Å². The van der Waals surface area contributed by atoms with Crippen LogP contribution in [-0.2, 0) is 14.3 Å². The average Bonchev–Trinajstić information content (AvgIpc) is 3.11. The Labute approximate surface area is 200 Å². The molecule has 0 radical (unpaired) electrons. The van der Waals surface area contributed by atoms with Crippen molar-refractivity contribution in [2.45, 2.75) is 46.1 Å². The first kappa shape index (κ1) is 25.0. The van der Waals surface area contributed by atoms with Crippen molar-refractivity contribution in [1.29, 1.82) is 0 Å². The molecule has 2 aromatic rings. The van der Waals surface area contributed by atoms with E-state index in [1.54, 1.807) is 23.1 Å². The maximum absolute atomic E-state index is 12.8. The van der Waals surface area contributed by atoms with Crippen molar-refractivity contribution in [3.05, 3.63) is 59.3 Å². The van der Waals surface area contributed by atoms with E-state index in [-0.39, 0.29) is 17.4 Å². The zero-order valence-electron chi connectivity index (χ0n) is 20.3. The minimum absolute atomic E-state index is 0.0492. The van der Waals surface area contributed by atoms with Gasteiger partial charge in [-0.3, -0.25) is 9.59 Å². The highest BCUT2D eigenvalue weighted by Gasteiger charge is 2.28. The zero-order chi connectivity index (χ0) is 25.0. The first-order valence-corrected chi connectivity index (χ1v) is 11.3. The van der Waals surface area contributed by atoms with Gasteiger partial charge >= 0.3 is 5.97 Å². The molecule has 0 aromatic heterocycles. The van der Waals surface area contributed by atoms with Crippen LogP contribution in [0.15, 0.2) is 48.2 Å². The van der Waals surface area contributed by atoms with Crippen LogP contribution in [0.1, 0.15) is 56.5 Å². The normalized spacial score (nSPS) is 14.2. The third-order valence-corrected chi connectivity index (χ3v) is 5.67. The Morgan fingerprint density at radius 1 is 1.15 bits per heavy atom. The molecule has 2 amide bonds. The number of hydrogen-bond acceptors (Lipinski definition) is 6. The average molecular weight is 465 g/mol. The first-order valence-electron chi connectivity index (χ1n) is 11.3. The van der Waals surface area contributed by atoms with E-state index >= 15 is 0 Å². The Hall–Kier alpha value is -3.65. The van der Waals surface area contributed by atoms with Gasteiger partial charge in [0, 0.05) is 41.6 Å². The quantitative estimate of drug-likeness (QED) is 0.400. The summed E-state index contributed by atoms with van der Waals surface area (Å²) in [5.74, 6) is -0.741. The van der Waals surface area contributed by atoms with Gasteiger partial charge in [-0.05, 0) is 63.1 Å². The Morgan fingerprint density at radius 3 is 2.38 bits per heavy atom. The van der Waals surface area contributed by atoms with Crippen LogP contribution >= 0.6 is 0 Å². The zero-order valence-corrected chi connectivity index (χ0v) is 20.3. The van der Waals surface area contributed by atoms with E-state index in [2.05, 4.69) is 10.6 Å². The van der Waals surface area contributed by atoms with E-state index < -0.39 is 5.97 Å². The van der Waals surface area contributed by atoms with Crippen LogP contribution in [0.25, 0.3) is 5.57 Å². The molecule has 2 aromatic carbocycles. The molecule has 0 saturated heterocycles. The number of esters is 1. The highest BCUT2D eigenvalue weighted by Crippen LogP contribution is 2.36. The standard InChI is InChI=1S/C26H32N4O4/c1-6-21(23-20-12-7-17(25(33)34-5)15-22(20)29-24(23)32)28-18-8-10-19(11-9-18)30(16(2)31)14-13-26(3,4)27/h7-12,15,28H,6,13-14,27H2,1-5H3,(H,29,32). The van der Waals surface area contributed by atoms with Crippen molar-refractivity contribution in [3.63, 3.8) is 0 Å². The number of ether oxygens (including phenoxy) is 1. The summed E-state index contributed by atoms with van der Waals surface area (Å²) in [5.41, 5.74) is 10.3. The number of nitrogens with two attached hydrogens (primary N) is 1. The van der Waals surface area contributed by atoms with Gasteiger partial charge in [-0.2, -0.15) is 0 Å². The molecule has 0 spiro atoms. The minimum Gasteiger partial charge on any atom is -0.465 e. The van der Waals surface area contributed by atoms with Crippen LogP contribution in [0.4, 0.5) is 17.1 Å². The van der Waals surface area contributed by atoms with Crippen molar-refractivity contribution in [1.82, 2.24) is 0 Å². The van der Waals surface area contributed by atoms with Crippen molar-refractivity contribution in [2.75, 3.05) is 29.2 Å². The highest BCUT2D eigenvalue weighted by atomic mass is 16.5. The predicted molar refractivity (Wildman–Crippen MR) is 135 cm³/mol. The summed E-state index contributed by atoms with van der Waals surface area (Å²) < 4.78 is 4.76. The molecule has 0 bridgehead atoms. The molecule has 0 aliphatic carbocycles. The molecule has 34 heavy (non-hydrogen) atoms. The number of nitrogens with one attached hydrogen (secondary N) is 2. The number of nitrogens with zero attached hydrogens (tertiary/aromatic N) is 1. The van der Waals surface area contributed by atoms with E-state index in [0.29, 0.717) is 36.2 Å². The van der Waals surface area contributed by atoms with Gasteiger partial charge < -0.3 is 26.0 Å². The number of carbonyl (C=O) groups is 3. The number of anilines is 3. The number of fused-ring (bicyclic) bond motifs is 1. The smallest absolute Gasteiger partial charge is 0.337 e. The van der Waals surface area contributed by atoms with Crippen LogP contribution in [0.2, 0.25) is 0 Å². The van der Waals surface area contributed by atoms with Crippen LogP contribution in [-0.4, -0.2) is 37.0 Å². The Bertz CT molecular complexity index is 1130. The molecule has 0 atom stereocenters. The third kappa shape index (κ3) is 5.63. The first-order chi connectivity index (χ1) is 16.0. The van der Waals surface area contributed by atoms with Gasteiger partial charge in [0.25, 0.3) is 5.91 Å². The molecule has 1 heterocycles. The lowest BCUT2D eigenvalue weighted by Crippen LogP contribution is -2.39. The van der Waals surface area contributed by atoms with Crippen LogP contribution in [0.3, 0.4) is 0 Å². The van der Waals surface area contributed by atoms with Crippen LogP contribution < -0.4 is 21.3 Å². The number of benzene rings is 2. The maximum atomic E-state index is 12.8. The second-order valence-corrected chi connectivity index (χ2v) is 8.99. The number of methoxy groups -OCH3 is 1. The lowest BCUT2D eigenvalue weighted by Gasteiger charge is -2.26. The van der Waals surface area contributed by atoms with E-state index in [0.717, 1.165) is 22.6 Å². The predicted octanol–water partition coefficient (Wildman–Crippen LogP) is 4.14. The second-order valence-electron chi connectivity index (χ2n) is 8.99. The molecular weight excluding hydrogens is 432 g/mol. The molecule has 180 valence electrons. The van der Waals surface area contributed by atoms with Crippen molar-refractivity contribution >= 4 is 40.4 Å². The minimum atomic E-state index is -0.460. The Morgan fingerprint density at radius 2 is 1.82 bits per heavy atom. The van der Waals surface area contributed by atoms with Gasteiger partial charge in [0.1, 0.15) is 0 Å². The Kier molecular flexibility index (Phi) is 7.41. The number of allylic oxidation sites excluding steroid dienone is 1. The highest BCUT2D eigenvalue weighted by molar-refractivity contribution is 6.32. The van der Waals surface area contributed by atoms with Gasteiger partial charge in [-0.15, -0.1) is 0 Å². The number of amides is 2. The van der Waals surface area contributed by atoms with Crippen molar-refractivity contribution in [3.8, 4) is 0 Å². The van der Waals surface area contributed by atoms with Gasteiger partial charge in [0.05, 0.1) is 23.9 Å². The molecule has 4 N–H and O–H groups in total. The van der Waals surface area contributed by atoms with Crippen LogP contribution in [0, 0.1) is 0 Å². The molecular formula is C26H32N4O4. The molecule has 0 unspecified atom stereocenters. The van der Waals surface area contributed by atoms with Crippen molar-refractivity contribution in [2.24, 2.45) is 5.73 Å². The second kappa shape index (κ2) is 10.1. The summed E-state index contributed by atoms with van der Waals surface area (Å²) in [6.07, 6.45) is 1.26. The van der Waals surface area contributed by atoms with E-state index in [1.165, 1.54) is 14.0 Å². The summed E-state index contributed by atoms with van der Waals surface area (Å²) in [6.45, 7) is 7.90. The fourth-order valence-corrected chi connectivity index (χ4v) is 3.81. The fraction of sp³-hybridized carbons (Fsp3) is 0.346. The molecule has 1 aliphatic rings. The fourth-order valence-electron chi connectivity index (χ4n) is 3.81. The van der Waals surface area contributed by atoms with Crippen LogP contribution in [0.5, 0.6) is 0 Å². The molecule has 8 heteroatoms. The van der Waals surface area contributed by atoms with E-state index in [4.69, 9.17) is 10.5 Å². The molecule has 0 saturated carbocycles. The lowest BCUT2D eigenvalue weighted by molar-refractivity contribution is -0.116. The van der Waals surface area contributed by atoms with Gasteiger partial charge in [0.2, 0.25) is 5.91 Å². The third-order valence-electron chi connectivity index (χ3n) is 5.67. The summed E-state index contributed by atoms with van der Waals surface area (Å²) in [7, 11) is 1.32. The van der Waals surface area contributed by atoms with Gasteiger partial charge in [-0.1, -0.05) is 13.0 Å². The topological polar surface area (TPSA) is 114 Å². The molecule has 1 aliphatic heterocycles. The van der Waals surface area contributed by atoms with Gasteiger partial charge in [0.15, 0.2) is 0 Å². The molecule has 3 rings (SSSR count). The number of carbonyl (C=O) groups excluding carboxylic acids is 3. The summed E-state index contributed by atoms with van der Waals surface area (Å²) in [5, 5.41) is 6.18. The lowest BCUT2D eigenvalue weighted by atomic mass is 10.0. The largest absolute Gasteiger partial charge is 0.465 e.